The Morgan fingerprint density at radius 3 is 1.23 bits per heavy atom. The third-order valence-electron chi connectivity index (χ3n) is 6.79. The highest BCUT2D eigenvalue weighted by Gasteiger charge is 2.05. The standard InChI is InChI=1S/C30H54O/c1-3-5-7-9-11-13-15-17-19-21-23-28-25-26-30(31)27-29(28)24-22-20-18-16-14-12-10-8-6-4-2/h25-27,31H,3-24H2,1-2H3. The van der Waals surface area contributed by atoms with E-state index in [9.17, 15) is 5.11 Å². The molecule has 0 atom stereocenters. The van der Waals surface area contributed by atoms with Crippen molar-refractivity contribution in [1.29, 1.82) is 0 Å². The molecule has 31 heavy (non-hydrogen) atoms. The largest absolute Gasteiger partial charge is 0.508 e. The normalized spacial score (nSPS) is 11.3. The Kier molecular flexibility index (Phi) is 18.9. The number of phenolic OH excluding ortho intramolecular Hbond substituents is 1. The minimum atomic E-state index is 0.439. The summed E-state index contributed by atoms with van der Waals surface area (Å²) in [7, 11) is 0. The van der Waals surface area contributed by atoms with Gasteiger partial charge in [0.05, 0.1) is 0 Å². The summed E-state index contributed by atoms with van der Waals surface area (Å²) in [5.41, 5.74) is 2.88. The van der Waals surface area contributed by atoms with Crippen molar-refractivity contribution >= 4 is 0 Å². The lowest BCUT2D eigenvalue weighted by Gasteiger charge is -2.11. The minimum absolute atomic E-state index is 0.439. The van der Waals surface area contributed by atoms with Crippen molar-refractivity contribution in [3.05, 3.63) is 29.3 Å². The maximum Gasteiger partial charge on any atom is 0.115 e. The van der Waals surface area contributed by atoms with Gasteiger partial charge in [-0.05, 0) is 48.9 Å². The van der Waals surface area contributed by atoms with E-state index in [0.29, 0.717) is 5.75 Å². The van der Waals surface area contributed by atoms with Crippen molar-refractivity contribution in [2.24, 2.45) is 0 Å². The molecule has 1 heteroatoms. The average Bonchev–Trinajstić information content (AvgIpc) is 2.77. The lowest BCUT2D eigenvalue weighted by Crippen LogP contribution is -1.96. The van der Waals surface area contributed by atoms with E-state index >= 15 is 0 Å². The predicted molar refractivity (Wildman–Crippen MR) is 139 cm³/mol. The van der Waals surface area contributed by atoms with Gasteiger partial charge in [-0.1, -0.05) is 135 Å². The molecule has 1 aromatic carbocycles. The van der Waals surface area contributed by atoms with Gasteiger partial charge in [0.1, 0.15) is 5.75 Å². The Labute approximate surface area is 195 Å². The fourth-order valence-corrected chi connectivity index (χ4v) is 4.69. The summed E-state index contributed by atoms with van der Waals surface area (Å²) < 4.78 is 0. The number of benzene rings is 1. The molecule has 0 radical (unpaired) electrons. The van der Waals surface area contributed by atoms with E-state index in [1.807, 2.05) is 12.1 Å². The fraction of sp³-hybridized carbons (Fsp3) is 0.800. The first-order valence-electron chi connectivity index (χ1n) is 14.1. The van der Waals surface area contributed by atoms with Crippen LogP contribution >= 0.6 is 0 Å². The van der Waals surface area contributed by atoms with Crippen LogP contribution in [0.3, 0.4) is 0 Å². The molecular weight excluding hydrogens is 376 g/mol. The zero-order chi connectivity index (χ0) is 22.4. The van der Waals surface area contributed by atoms with Crippen molar-refractivity contribution in [1.82, 2.24) is 0 Å². The summed E-state index contributed by atoms with van der Waals surface area (Å²) in [4.78, 5) is 0. The SMILES string of the molecule is CCCCCCCCCCCCc1ccc(O)cc1CCCCCCCCCCCC. The van der Waals surface area contributed by atoms with Crippen molar-refractivity contribution in [2.75, 3.05) is 0 Å². The number of aromatic hydroxyl groups is 1. The molecule has 0 saturated heterocycles. The van der Waals surface area contributed by atoms with E-state index in [-0.39, 0.29) is 0 Å². The second-order valence-corrected chi connectivity index (χ2v) is 9.82. The molecule has 1 aromatic rings. The van der Waals surface area contributed by atoms with Crippen molar-refractivity contribution in [3.8, 4) is 5.75 Å². The van der Waals surface area contributed by atoms with Crippen LogP contribution in [0.2, 0.25) is 0 Å². The van der Waals surface area contributed by atoms with Crippen LogP contribution in [0.5, 0.6) is 5.75 Å². The van der Waals surface area contributed by atoms with E-state index in [1.165, 1.54) is 146 Å². The first kappa shape index (κ1) is 28.1. The van der Waals surface area contributed by atoms with Crippen LogP contribution in [-0.4, -0.2) is 5.11 Å². The van der Waals surface area contributed by atoms with Gasteiger partial charge in [-0.25, -0.2) is 0 Å². The fourth-order valence-electron chi connectivity index (χ4n) is 4.69. The molecule has 0 aromatic heterocycles. The molecule has 0 heterocycles. The van der Waals surface area contributed by atoms with Gasteiger partial charge < -0.3 is 5.11 Å². The van der Waals surface area contributed by atoms with Crippen molar-refractivity contribution < 1.29 is 5.11 Å². The van der Waals surface area contributed by atoms with Gasteiger partial charge in [0.15, 0.2) is 0 Å². The Balaban J connectivity index is 2.10. The second-order valence-electron chi connectivity index (χ2n) is 9.82. The Morgan fingerprint density at radius 2 is 0.806 bits per heavy atom. The molecule has 0 bridgehead atoms. The Morgan fingerprint density at radius 1 is 0.452 bits per heavy atom. The Hall–Kier alpha value is -0.980. The number of phenols is 1. The summed E-state index contributed by atoms with van der Waals surface area (Å²) in [6.45, 7) is 4.58. The van der Waals surface area contributed by atoms with Gasteiger partial charge in [-0.3, -0.25) is 0 Å². The first-order chi connectivity index (χ1) is 15.3. The Bertz CT molecular complexity index is 507. The van der Waals surface area contributed by atoms with Crippen LogP contribution in [0, 0.1) is 0 Å². The third-order valence-corrected chi connectivity index (χ3v) is 6.79. The molecule has 0 amide bonds. The first-order valence-corrected chi connectivity index (χ1v) is 14.1. The average molecular weight is 431 g/mol. The number of aryl methyl sites for hydroxylation is 2. The maximum absolute atomic E-state index is 9.94. The van der Waals surface area contributed by atoms with E-state index in [0.717, 1.165) is 6.42 Å². The van der Waals surface area contributed by atoms with Gasteiger partial charge in [-0.2, -0.15) is 0 Å². The number of hydrogen-bond donors (Lipinski definition) is 1. The maximum atomic E-state index is 9.94. The highest BCUT2D eigenvalue weighted by Crippen LogP contribution is 2.22. The highest BCUT2D eigenvalue weighted by molar-refractivity contribution is 5.35. The van der Waals surface area contributed by atoms with Gasteiger partial charge in [-0.15, -0.1) is 0 Å². The molecule has 0 aliphatic carbocycles. The predicted octanol–water partition coefficient (Wildman–Crippen LogP) is 10.3. The monoisotopic (exact) mass is 430 g/mol. The molecule has 0 aliphatic heterocycles. The molecule has 0 aliphatic rings. The summed E-state index contributed by atoms with van der Waals surface area (Å²) in [5, 5.41) is 9.94. The molecule has 0 unspecified atom stereocenters. The van der Waals surface area contributed by atoms with E-state index < -0.39 is 0 Å². The van der Waals surface area contributed by atoms with Gasteiger partial charge in [0.25, 0.3) is 0 Å². The quantitative estimate of drug-likeness (QED) is 0.181. The lowest BCUT2D eigenvalue weighted by molar-refractivity contribution is 0.473. The van der Waals surface area contributed by atoms with Crippen LogP contribution in [0.4, 0.5) is 0 Å². The zero-order valence-electron chi connectivity index (χ0n) is 21.2. The highest BCUT2D eigenvalue weighted by atomic mass is 16.3. The lowest BCUT2D eigenvalue weighted by atomic mass is 9.96. The van der Waals surface area contributed by atoms with Crippen LogP contribution < -0.4 is 0 Å². The number of rotatable bonds is 22. The van der Waals surface area contributed by atoms with Crippen molar-refractivity contribution in [2.45, 2.75) is 155 Å². The van der Waals surface area contributed by atoms with E-state index in [4.69, 9.17) is 0 Å². The molecule has 1 rings (SSSR count). The van der Waals surface area contributed by atoms with Crippen molar-refractivity contribution in [3.63, 3.8) is 0 Å². The smallest absolute Gasteiger partial charge is 0.115 e. The van der Waals surface area contributed by atoms with Gasteiger partial charge in [0, 0.05) is 0 Å². The molecule has 0 spiro atoms. The van der Waals surface area contributed by atoms with Crippen LogP contribution in [0.1, 0.15) is 153 Å². The van der Waals surface area contributed by atoms with Crippen LogP contribution in [0.15, 0.2) is 18.2 Å². The number of hydrogen-bond acceptors (Lipinski definition) is 1. The van der Waals surface area contributed by atoms with Gasteiger partial charge in [0.2, 0.25) is 0 Å². The second kappa shape index (κ2) is 20.9. The summed E-state index contributed by atoms with van der Waals surface area (Å²) >= 11 is 0. The molecule has 0 fully saturated rings. The van der Waals surface area contributed by atoms with Crippen LogP contribution in [-0.2, 0) is 12.8 Å². The van der Waals surface area contributed by atoms with Crippen LogP contribution in [0.25, 0.3) is 0 Å². The summed E-state index contributed by atoms with van der Waals surface area (Å²) in [6, 6.07) is 6.09. The number of unbranched alkanes of at least 4 members (excludes halogenated alkanes) is 18. The molecular formula is C30H54O. The topological polar surface area (TPSA) is 20.2 Å². The van der Waals surface area contributed by atoms with Gasteiger partial charge >= 0.3 is 0 Å². The van der Waals surface area contributed by atoms with E-state index in [1.54, 1.807) is 0 Å². The zero-order valence-corrected chi connectivity index (χ0v) is 21.2. The minimum Gasteiger partial charge on any atom is -0.508 e. The summed E-state index contributed by atoms with van der Waals surface area (Å²) in [5.74, 6) is 0.439. The molecule has 1 N–H and O–H groups in total. The molecule has 1 nitrogen and oxygen atoms in total. The molecule has 0 saturated carbocycles. The third kappa shape index (κ3) is 16.3. The molecule has 180 valence electrons. The summed E-state index contributed by atoms with van der Waals surface area (Å²) in [6.07, 6.45) is 30.1. The van der Waals surface area contributed by atoms with E-state index in [2.05, 4.69) is 19.9 Å².